The molecule has 0 spiro atoms. The molecule has 32 heavy (non-hydrogen) atoms. The minimum atomic E-state index is -3.70. The third-order valence-corrected chi connectivity index (χ3v) is 7.67. The molecule has 2 heterocycles. The lowest BCUT2D eigenvalue weighted by atomic mass is 10.1. The largest absolute Gasteiger partial charge is 0.497 e. The summed E-state index contributed by atoms with van der Waals surface area (Å²) < 4.78 is 39.2. The van der Waals surface area contributed by atoms with Crippen molar-refractivity contribution in [2.24, 2.45) is 0 Å². The number of nitrogens with one attached hydrogen (secondary N) is 1. The third-order valence-electron chi connectivity index (χ3n) is 5.66. The van der Waals surface area contributed by atoms with Crippen molar-refractivity contribution in [2.75, 3.05) is 19.0 Å². The van der Waals surface area contributed by atoms with E-state index in [0.717, 1.165) is 19.3 Å². The highest BCUT2D eigenvalue weighted by Crippen LogP contribution is 2.27. The van der Waals surface area contributed by atoms with Gasteiger partial charge in [0.1, 0.15) is 12.3 Å². The lowest BCUT2D eigenvalue weighted by Gasteiger charge is -2.32. The normalized spacial score (nSPS) is 17.4. The minimum absolute atomic E-state index is 0.0716. The number of methoxy groups -OCH3 is 1. The highest BCUT2D eigenvalue weighted by atomic mass is 32.2. The predicted octanol–water partition coefficient (Wildman–Crippen LogP) is 2.80. The standard InChI is InChI=1S/C22H25N3O6S/c1-15-5-3-4-12-25(15)32(28,29)18-10-11-19-20(13-18)31-22(27)24(19)14-21(26)23-16-6-8-17(30-2)9-7-16/h6-11,13,15H,3-5,12,14H2,1-2H3,(H,23,26). The van der Waals surface area contributed by atoms with Crippen molar-refractivity contribution in [1.82, 2.24) is 8.87 Å². The second-order valence-corrected chi connectivity index (χ2v) is 9.71. The molecule has 0 saturated carbocycles. The maximum Gasteiger partial charge on any atom is 0.420 e. The molecule has 1 amide bonds. The number of hydrogen-bond donors (Lipinski definition) is 1. The highest BCUT2D eigenvalue weighted by molar-refractivity contribution is 7.89. The molecule has 1 aliphatic heterocycles. The average Bonchev–Trinajstić information content (AvgIpc) is 3.08. The molecule has 1 atom stereocenters. The predicted molar refractivity (Wildman–Crippen MR) is 119 cm³/mol. The number of rotatable bonds is 6. The molecule has 2 aromatic carbocycles. The number of oxazole rings is 1. The van der Waals surface area contributed by atoms with Gasteiger partial charge in [-0.15, -0.1) is 0 Å². The molecule has 1 aliphatic rings. The van der Waals surface area contributed by atoms with E-state index in [1.165, 1.54) is 27.1 Å². The van der Waals surface area contributed by atoms with Crippen LogP contribution in [0.3, 0.4) is 0 Å². The van der Waals surface area contributed by atoms with E-state index in [2.05, 4.69) is 5.32 Å². The molecule has 1 fully saturated rings. The summed E-state index contributed by atoms with van der Waals surface area (Å²) >= 11 is 0. The summed E-state index contributed by atoms with van der Waals surface area (Å²) in [6, 6.07) is 11.0. The number of amides is 1. The van der Waals surface area contributed by atoms with Gasteiger partial charge in [-0.2, -0.15) is 4.31 Å². The Hall–Kier alpha value is -3.11. The van der Waals surface area contributed by atoms with Crippen LogP contribution in [0, 0.1) is 0 Å². The van der Waals surface area contributed by atoms with Gasteiger partial charge in [-0.3, -0.25) is 9.36 Å². The van der Waals surface area contributed by atoms with E-state index in [-0.39, 0.29) is 23.1 Å². The number of carbonyl (C=O) groups excluding carboxylic acids is 1. The molecule has 3 aromatic rings. The third kappa shape index (κ3) is 4.28. The van der Waals surface area contributed by atoms with Gasteiger partial charge in [0.2, 0.25) is 15.9 Å². The number of sulfonamides is 1. The van der Waals surface area contributed by atoms with Crippen LogP contribution in [0.1, 0.15) is 26.2 Å². The van der Waals surface area contributed by atoms with Gasteiger partial charge in [0.05, 0.1) is 17.5 Å². The molecule has 4 rings (SSSR count). The van der Waals surface area contributed by atoms with E-state index in [1.807, 2.05) is 6.92 Å². The van der Waals surface area contributed by atoms with E-state index in [0.29, 0.717) is 23.5 Å². The maximum absolute atomic E-state index is 13.1. The summed E-state index contributed by atoms with van der Waals surface area (Å²) in [5.74, 6) is -0.491. The first-order valence-corrected chi connectivity index (χ1v) is 11.8. The van der Waals surface area contributed by atoms with Gasteiger partial charge in [0, 0.05) is 24.3 Å². The van der Waals surface area contributed by atoms with E-state index in [1.54, 1.807) is 31.4 Å². The molecular weight excluding hydrogens is 434 g/mol. The van der Waals surface area contributed by atoms with Crippen molar-refractivity contribution < 1.29 is 22.4 Å². The number of fused-ring (bicyclic) bond motifs is 1. The van der Waals surface area contributed by atoms with E-state index < -0.39 is 21.7 Å². The smallest absolute Gasteiger partial charge is 0.420 e. The lowest BCUT2D eigenvalue weighted by molar-refractivity contribution is -0.116. The van der Waals surface area contributed by atoms with Crippen LogP contribution >= 0.6 is 0 Å². The van der Waals surface area contributed by atoms with E-state index in [4.69, 9.17) is 9.15 Å². The molecule has 0 bridgehead atoms. The zero-order valence-electron chi connectivity index (χ0n) is 17.9. The first kappa shape index (κ1) is 22.1. The quantitative estimate of drug-likeness (QED) is 0.607. The number of aromatic nitrogens is 1. The Morgan fingerprint density at radius 1 is 1.19 bits per heavy atom. The SMILES string of the molecule is COc1ccc(NC(=O)Cn2c(=O)oc3cc(S(=O)(=O)N4CCCCC4C)ccc32)cc1. The van der Waals surface area contributed by atoms with Gasteiger partial charge in [-0.05, 0) is 56.2 Å². The second-order valence-electron chi connectivity index (χ2n) is 7.82. The Balaban J connectivity index is 1.57. The molecule has 1 unspecified atom stereocenters. The van der Waals surface area contributed by atoms with Crippen LogP contribution in [0.15, 0.2) is 56.6 Å². The first-order valence-electron chi connectivity index (χ1n) is 10.4. The van der Waals surface area contributed by atoms with Crippen molar-refractivity contribution in [1.29, 1.82) is 0 Å². The Morgan fingerprint density at radius 3 is 2.62 bits per heavy atom. The number of ether oxygens (including phenoxy) is 1. The van der Waals surface area contributed by atoms with Gasteiger partial charge in [-0.25, -0.2) is 13.2 Å². The first-order chi connectivity index (χ1) is 15.3. The highest BCUT2D eigenvalue weighted by Gasteiger charge is 2.31. The fourth-order valence-corrected chi connectivity index (χ4v) is 5.66. The van der Waals surface area contributed by atoms with E-state index >= 15 is 0 Å². The van der Waals surface area contributed by atoms with Gasteiger partial charge < -0.3 is 14.5 Å². The molecule has 0 radical (unpaired) electrons. The zero-order chi connectivity index (χ0) is 22.9. The molecule has 1 saturated heterocycles. The summed E-state index contributed by atoms with van der Waals surface area (Å²) in [5, 5.41) is 2.71. The fraction of sp³-hybridized carbons (Fsp3) is 0.364. The van der Waals surface area contributed by atoms with Crippen molar-refractivity contribution in [3.05, 3.63) is 53.0 Å². The monoisotopic (exact) mass is 459 g/mol. The summed E-state index contributed by atoms with van der Waals surface area (Å²) in [5.41, 5.74) is 1.03. The summed E-state index contributed by atoms with van der Waals surface area (Å²) in [6.07, 6.45) is 2.64. The maximum atomic E-state index is 13.1. The summed E-state index contributed by atoms with van der Waals surface area (Å²) in [6.45, 7) is 2.10. The molecular formula is C22H25N3O6S. The zero-order valence-corrected chi connectivity index (χ0v) is 18.7. The number of anilines is 1. The average molecular weight is 460 g/mol. The lowest BCUT2D eigenvalue weighted by Crippen LogP contribution is -2.41. The van der Waals surface area contributed by atoms with Crippen molar-refractivity contribution >= 4 is 32.7 Å². The van der Waals surface area contributed by atoms with Crippen LogP contribution in [-0.4, -0.2) is 42.9 Å². The minimum Gasteiger partial charge on any atom is -0.497 e. The Morgan fingerprint density at radius 2 is 1.94 bits per heavy atom. The van der Waals surface area contributed by atoms with Crippen LogP contribution in [0.2, 0.25) is 0 Å². The molecule has 170 valence electrons. The Bertz CT molecular complexity index is 1290. The van der Waals surface area contributed by atoms with Crippen LogP contribution in [-0.2, 0) is 21.4 Å². The van der Waals surface area contributed by atoms with Crippen LogP contribution < -0.4 is 15.8 Å². The number of piperidine rings is 1. The summed E-state index contributed by atoms with van der Waals surface area (Å²) in [4.78, 5) is 24.9. The number of nitrogens with zero attached hydrogens (tertiary/aromatic N) is 2. The molecule has 1 aromatic heterocycles. The van der Waals surface area contributed by atoms with Crippen molar-refractivity contribution in [3.63, 3.8) is 0 Å². The molecule has 0 aliphatic carbocycles. The number of carbonyl (C=O) groups is 1. The van der Waals surface area contributed by atoms with Crippen molar-refractivity contribution in [2.45, 2.75) is 43.7 Å². The van der Waals surface area contributed by atoms with Gasteiger partial charge in [0.25, 0.3) is 0 Å². The fourth-order valence-electron chi connectivity index (χ4n) is 3.94. The second kappa shape index (κ2) is 8.79. The number of hydrogen-bond acceptors (Lipinski definition) is 6. The Labute approximate surface area is 185 Å². The van der Waals surface area contributed by atoms with Crippen molar-refractivity contribution in [3.8, 4) is 5.75 Å². The van der Waals surface area contributed by atoms with Crippen LogP contribution in [0.25, 0.3) is 11.1 Å². The van der Waals surface area contributed by atoms with Gasteiger partial charge in [0.15, 0.2) is 5.58 Å². The van der Waals surface area contributed by atoms with Gasteiger partial charge in [-0.1, -0.05) is 6.42 Å². The topological polar surface area (TPSA) is 111 Å². The van der Waals surface area contributed by atoms with E-state index in [9.17, 15) is 18.0 Å². The number of benzene rings is 2. The Kier molecular flexibility index (Phi) is 6.07. The van der Waals surface area contributed by atoms with Crippen LogP contribution in [0.5, 0.6) is 5.75 Å². The molecule has 9 nitrogen and oxygen atoms in total. The van der Waals surface area contributed by atoms with Gasteiger partial charge >= 0.3 is 5.76 Å². The van der Waals surface area contributed by atoms with Crippen LogP contribution in [0.4, 0.5) is 5.69 Å². The molecule has 10 heteroatoms. The molecule has 1 N–H and O–H groups in total. The summed E-state index contributed by atoms with van der Waals surface area (Å²) in [7, 11) is -2.15.